The molecule has 1 N–H and O–H groups in total. The Bertz CT molecular complexity index is 717. The van der Waals surface area contributed by atoms with Gasteiger partial charge in [-0.2, -0.15) is 0 Å². The molecule has 0 radical (unpaired) electrons. The number of hydrogen-bond acceptors (Lipinski definition) is 5. The molecule has 7 heteroatoms. The molecule has 1 amide bonds. The number of amides is 1. The number of nitrogens with one attached hydrogen (secondary N) is 1. The molecule has 1 aliphatic rings. The summed E-state index contributed by atoms with van der Waals surface area (Å²) in [5, 5.41) is 3.94. The minimum absolute atomic E-state index is 0.0314. The van der Waals surface area contributed by atoms with E-state index >= 15 is 0 Å². The zero-order valence-electron chi connectivity index (χ0n) is 13.8. The third-order valence-corrected chi connectivity index (χ3v) is 5.01. The summed E-state index contributed by atoms with van der Waals surface area (Å²) in [6, 6.07) is 5.70. The molecular formula is C17H21N3O3S. The summed E-state index contributed by atoms with van der Waals surface area (Å²) < 4.78 is 12.9. The van der Waals surface area contributed by atoms with Gasteiger partial charge in [-0.1, -0.05) is 11.8 Å². The Labute approximate surface area is 145 Å². The van der Waals surface area contributed by atoms with Crippen LogP contribution in [-0.4, -0.2) is 41.5 Å². The number of thioether (sulfide) groups is 1. The number of methoxy groups -OCH3 is 1. The minimum atomic E-state index is -0.164. The molecule has 0 fully saturated rings. The van der Waals surface area contributed by atoms with Crippen LogP contribution in [0.1, 0.15) is 5.56 Å². The van der Waals surface area contributed by atoms with E-state index in [1.54, 1.807) is 25.1 Å². The van der Waals surface area contributed by atoms with Gasteiger partial charge in [-0.25, -0.2) is 4.98 Å². The first-order valence-corrected chi connectivity index (χ1v) is 8.83. The highest BCUT2D eigenvalue weighted by atomic mass is 32.2. The molecule has 1 aromatic heterocycles. The number of aryl methyl sites for hydroxylation is 1. The molecule has 0 saturated heterocycles. The first-order valence-electron chi connectivity index (χ1n) is 7.85. The lowest BCUT2D eigenvalue weighted by atomic mass is 9.96. The zero-order chi connectivity index (χ0) is 16.9. The normalized spacial score (nSPS) is 16.2. The Kier molecular flexibility index (Phi) is 5.30. The van der Waals surface area contributed by atoms with Crippen molar-refractivity contribution >= 4 is 17.7 Å². The van der Waals surface area contributed by atoms with E-state index in [2.05, 4.69) is 10.3 Å². The van der Waals surface area contributed by atoms with E-state index in [0.29, 0.717) is 19.6 Å². The number of nitrogens with zero attached hydrogens (tertiary/aromatic N) is 2. The molecule has 1 aromatic carbocycles. The van der Waals surface area contributed by atoms with Crippen LogP contribution < -0.4 is 14.8 Å². The Morgan fingerprint density at radius 2 is 2.42 bits per heavy atom. The lowest BCUT2D eigenvalue weighted by Gasteiger charge is -2.25. The summed E-state index contributed by atoms with van der Waals surface area (Å²) in [5.41, 5.74) is 1.02. The highest BCUT2D eigenvalue weighted by Crippen LogP contribution is 2.30. The largest absolute Gasteiger partial charge is 0.497 e. The molecule has 0 spiro atoms. The van der Waals surface area contributed by atoms with Crippen LogP contribution in [0, 0.1) is 5.92 Å². The summed E-state index contributed by atoms with van der Waals surface area (Å²) in [6.45, 7) is 1.02. The van der Waals surface area contributed by atoms with Crippen molar-refractivity contribution in [3.63, 3.8) is 0 Å². The Morgan fingerprint density at radius 3 is 3.17 bits per heavy atom. The van der Waals surface area contributed by atoms with Gasteiger partial charge in [0.1, 0.15) is 18.1 Å². The lowest BCUT2D eigenvalue weighted by molar-refractivity contribution is -0.126. The fourth-order valence-corrected chi connectivity index (χ4v) is 3.40. The van der Waals surface area contributed by atoms with Crippen LogP contribution in [-0.2, 0) is 18.3 Å². The first kappa shape index (κ1) is 16.7. The summed E-state index contributed by atoms with van der Waals surface area (Å²) in [5.74, 6) is 2.27. The molecule has 0 bridgehead atoms. The number of carbonyl (C=O) groups is 1. The number of rotatable bonds is 6. The molecule has 2 aromatic rings. The van der Waals surface area contributed by atoms with Gasteiger partial charge in [0.15, 0.2) is 5.16 Å². The smallest absolute Gasteiger partial charge is 0.226 e. The summed E-state index contributed by atoms with van der Waals surface area (Å²) >= 11 is 1.63. The molecule has 3 rings (SSSR count). The van der Waals surface area contributed by atoms with Crippen molar-refractivity contribution in [1.29, 1.82) is 0 Å². The predicted molar refractivity (Wildman–Crippen MR) is 92.6 cm³/mol. The van der Waals surface area contributed by atoms with Gasteiger partial charge >= 0.3 is 0 Å². The van der Waals surface area contributed by atoms with Gasteiger partial charge in [0.25, 0.3) is 0 Å². The molecule has 6 nitrogen and oxygen atoms in total. The maximum absolute atomic E-state index is 12.3. The average molecular weight is 347 g/mol. The Hall–Kier alpha value is -2.15. The number of carbonyl (C=O) groups excluding carboxylic acids is 1. The Balaban J connectivity index is 1.48. The van der Waals surface area contributed by atoms with Crippen molar-refractivity contribution in [3.8, 4) is 11.5 Å². The van der Waals surface area contributed by atoms with Crippen LogP contribution >= 0.6 is 11.8 Å². The van der Waals surface area contributed by atoms with E-state index in [-0.39, 0.29) is 11.8 Å². The topological polar surface area (TPSA) is 65.4 Å². The molecule has 0 aliphatic carbocycles. The second-order valence-electron chi connectivity index (χ2n) is 5.65. The molecule has 24 heavy (non-hydrogen) atoms. The van der Waals surface area contributed by atoms with E-state index < -0.39 is 0 Å². The van der Waals surface area contributed by atoms with Crippen LogP contribution in [0.4, 0.5) is 0 Å². The van der Waals surface area contributed by atoms with Crippen molar-refractivity contribution in [3.05, 3.63) is 36.2 Å². The molecule has 1 atom stereocenters. The first-order chi connectivity index (χ1) is 11.7. The molecule has 1 aliphatic heterocycles. The standard InChI is InChI=1S/C17H21N3O3S/c1-20-7-5-19-17(20)24-8-6-18-16(21)13-9-12-10-14(22-2)3-4-15(12)23-11-13/h3-5,7,10,13H,6,8-9,11H2,1-2H3,(H,18,21)/t13-/m1/s1. The fourth-order valence-electron chi connectivity index (χ4n) is 2.62. The van der Waals surface area contributed by atoms with E-state index in [1.807, 2.05) is 36.0 Å². The van der Waals surface area contributed by atoms with Crippen LogP contribution in [0.2, 0.25) is 0 Å². The van der Waals surface area contributed by atoms with Crippen LogP contribution in [0.5, 0.6) is 11.5 Å². The second kappa shape index (κ2) is 7.61. The van der Waals surface area contributed by atoms with Gasteiger partial charge in [-0.15, -0.1) is 0 Å². The number of ether oxygens (including phenoxy) is 2. The van der Waals surface area contributed by atoms with Crippen LogP contribution in [0.3, 0.4) is 0 Å². The van der Waals surface area contributed by atoms with Crippen molar-refractivity contribution < 1.29 is 14.3 Å². The highest BCUT2D eigenvalue weighted by Gasteiger charge is 2.26. The van der Waals surface area contributed by atoms with Crippen molar-refractivity contribution in [2.45, 2.75) is 11.6 Å². The predicted octanol–water partition coefficient (Wildman–Crippen LogP) is 1.89. The van der Waals surface area contributed by atoms with E-state index in [1.165, 1.54) is 0 Å². The van der Waals surface area contributed by atoms with Crippen molar-refractivity contribution in [2.75, 3.05) is 26.0 Å². The number of fused-ring (bicyclic) bond motifs is 1. The van der Waals surface area contributed by atoms with Gasteiger partial charge < -0.3 is 19.4 Å². The van der Waals surface area contributed by atoms with Gasteiger partial charge in [0, 0.05) is 31.7 Å². The fraction of sp³-hybridized carbons (Fsp3) is 0.412. The molecular weight excluding hydrogens is 326 g/mol. The van der Waals surface area contributed by atoms with Crippen molar-refractivity contribution in [2.24, 2.45) is 13.0 Å². The van der Waals surface area contributed by atoms with E-state index in [0.717, 1.165) is 28.0 Å². The van der Waals surface area contributed by atoms with Gasteiger partial charge in [0.2, 0.25) is 5.91 Å². The lowest BCUT2D eigenvalue weighted by Crippen LogP contribution is -2.38. The highest BCUT2D eigenvalue weighted by molar-refractivity contribution is 7.99. The van der Waals surface area contributed by atoms with E-state index in [4.69, 9.17) is 9.47 Å². The number of imidazole rings is 1. The summed E-state index contributed by atoms with van der Waals surface area (Å²) in [7, 11) is 3.59. The number of benzene rings is 1. The second-order valence-corrected chi connectivity index (χ2v) is 6.71. The molecule has 128 valence electrons. The summed E-state index contributed by atoms with van der Waals surface area (Å²) in [4.78, 5) is 16.6. The SMILES string of the molecule is COc1ccc2c(c1)C[C@@H](C(=O)NCCSc1nccn1C)CO2. The third kappa shape index (κ3) is 3.84. The van der Waals surface area contributed by atoms with Gasteiger partial charge in [0.05, 0.1) is 13.0 Å². The Morgan fingerprint density at radius 1 is 1.54 bits per heavy atom. The van der Waals surface area contributed by atoms with Gasteiger partial charge in [-0.3, -0.25) is 4.79 Å². The molecule has 0 saturated carbocycles. The zero-order valence-corrected chi connectivity index (χ0v) is 14.6. The quantitative estimate of drug-likeness (QED) is 0.638. The summed E-state index contributed by atoms with van der Waals surface area (Å²) in [6.07, 6.45) is 4.35. The third-order valence-electron chi connectivity index (χ3n) is 3.95. The average Bonchev–Trinajstić information content (AvgIpc) is 3.02. The van der Waals surface area contributed by atoms with Crippen LogP contribution in [0.25, 0.3) is 0 Å². The maximum atomic E-state index is 12.3. The monoisotopic (exact) mass is 347 g/mol. The minimum Gasteiger partial charge on any atom is -0.497 e. The van der Waals surface area contributed by atoms with Crippen molar-refractivity contribution in [1.82, 2.24) is 14.9 Å². The molecule has 2 heterocycles. The number of hydrogen-bond donors (Lipinski definition) is 1. The van der Waals surface area contributed by atoms with Gasteiger partial charge in [-0.05, 0) is 30.2 Å². The van der Waals surface area contributed by atoms with E-state index in [9.17, 15) is 4.79 Å². The van der Waals surface area contributed by atoms with Crippen LogP contribution in [0.15, 0.2) is 35.7 Å². The maximum Gasteiger partial charge on any atom is 0.226 e. The molecule has 0 unspecified atom stereocenters. The number of aromatic nitrogens is 2.